The average Bonchev–Trinajstić information content (AvgIpc) is 1.54. The van der Waals surface area contributed by atoms with Gasteiger partial charge in [-0.05, 0) is 13.8 Å². The normalized spacial score (nSPS) is 7.20. The number of rotatable bonds is 0. The van der Waals surface area contributed by atoms with Gasteiger partial charge < -0.3 is 5.11 Å². The summed E-state index contributed by atoms with van der Waals surface area (Å²) in [6, 6.07) is 0. The van der Waals surface area contributed by atoms with Crippen LogP contribution in [0.5, 0.6) is 0 Å². The van der Waals surface area contributed by atoms with Crippen molar-refractivity contribution < 1.29 is 83.9 Å². The van der Waals surface area contributed by atoms with Crippen LogP contribution in [0.2, 0.25) is 0 Å². The Morgan fingerprint density at radius 1 is 0.733 bits per heavy atom. The number of aliphatic hydroxyl groups is 1. The van der Waals surface area contributed by atoms with Gasteiger partial charge in [-0.2, -0.15) is 0 Å². The van der Waals surface area contributed by atoms with E-state index in [-0.39, 0.29) is 64.5 Å². The van der Waals surface area contributed by atoms with Crippen LogP contribution in [0.15, 0.2) is 0 Å². The van der Waals surface area contributed by atoms with Crippen LogP contribution in [0.1, 0.15) is 13.8 Å². The van der Waals surface area contributed by atoms with Gasteiger partial charge in [0.25, 0.3) is 0 Å². The Hall–Kier alpha value is 3.23. The zero-order chi connectivity index (χ0) is 10.7. The minimum absolute atomic E-state index is 0. The first kappa shape index (κ1) is 36.2. The Labute approximate surface area is 144 Å². The first-order valence-corrected chi connectivity index (χ1v) is 8.76. The van der Waals surface area contributed by atoms with Crippen LogP contribution in [-0.4, -0.2) is 54.2 Å². The maximum atomic E-state index is 8.60. The van der Waals surface area contributed by atoms with Gasteiger partial charge in [-0.3, -0.25) is 0 Å². The Morgan fingerprint density at radius 3 is 0.733 bits per heavy atom. The van der Waals surface area contributed by atoms with Gasteiger partial charge in [0.15, 0.2) is 0 Å². The molecule has 0 saturated carbocycles. The van der Waals surface area contributed by atoms with Gasteiger partial charge in [0.2, 0.25) is 0 Å². The summed E-state index contributed by atoms with van der Waals surface area (Å²) >= 11 is -8.40. The molecule has 0 bridgehead atoms. The third-order valence-electron chi connectivity index (χ3n) is 0. The molecule has 0 fully saturated rings. The van der Waals surface area contributed by atoms with E-state index < -0.39 is 42.9 Å². The smallest absolute Gasteiger partial charge is 2.00 e. The van der Waals surface area contributed by atoms with Gasteiger partial charge in [0.05, 0.1) is 0 Å². The molecular formula is C3H8O7Sb2Zn3. The second kappa shape index (κ2) is 30.3. The summed E-state index contributed by atoms with van der Waals surface area (Å²) in [6.07, 6.45) is -0.167. The molecule has 0 aromatic rings. The van der Waals surface area contributed by atoms with Crippen molar-refractivity contribution in [1.29, 1.82) is 0 Å². The molecule has 15 heavy (non-hydrogen) atoms. The number of hydrogen-bond donors (Lipinski definition) is 1. The SMILES string of the molecule is CC(C)O.[O-][Sb]([O-])[O-].[O-][Sb]([O-])[O-].[Zn+2].[Zn+2].[Zn+2]. The molecule has 0 saturated heterocycles. The summed E-state index contributed by atoms with van der Waals surface area (Å²) in [5.74, 6) is 0. The second-order valence-corrected chi connectivity index (χ2v) is 4.09. The van der Waals surface area contributed by atoms with Crippen LogP contribution in [0.4, 0.5) is 0 Å². The van der Waals surface area contributed by atoms with Gasteiger partial charge in [0, 0.05) is 6.10 Å². The maximum absolute atomic E-state index is 8.60. The largest absolute Gasteiger partial charge is 2.00 e. The zero-order valence-corrected chi connectivity index (χ0v) is 22.5. The van der Waals surface area contributed by atoms with E-state index in [9.17, 15) is 0 Å². The fourth-order valence-electron chi connectivity index (χ4n) is 0. The monoisotopic (exact) mass is 590 g/mol. The van der Waals surface area contributed by atoms with Crippen molar-refractivity contribution in [2.75, 3.05) is 0 Å². The van der Waals surface area contributed by atoms with Crippen molar-refractivity contribution in [1.82, 2.24) is 0 Å². The molecule has 0 amide bonds. The molecular weight excluding hydrogens is 588 g/mol. The molecule has 0 aromatic heterocycles. The predicted octanol–water partition coefficient (Wildman–Crippen LogP) is -7.52. The predicted molar refractivity (Wildman–Crippen MR) is 28.9 cm³/mol. The first-order chi connectivity index (χ1) is 5.20. The van der Waals surface area contributed by atoms with Crippen molar-refractivity contribution in [3.63, 3.8) is 0 Å². The van der Waals surface area contributed by atoms with E-state index in [4.69, 9.17) is 25.4 Å². The summed E-state index contributed by atoms with van der Waals surface area (Å²) in [7, 11) is 0. The molecule has 0 heterocycles. The van der Waals surface area contributed by atoms with Crippen molar-refractivity contribution in [3.8, 4) is 0 Å². The topological polar surface area (TPSA) is 159 Å². The minimum Gasteiger partial charge on any atom is 2.00 e. The third kappa shape index (κ3) is 384. The Bertz CT molecular complexity index is 56.0. The Morgan fingerprint density at radius 2 is 0.733 bits per heavy atom. The fraction of sp³-hybridized carbons (Fsp3) is 1.00. The van der Waals surface area contributed by atoms with Crippen LogP contribution in [0.3, 0.4) is 0 Å². The Kier molecular flexibility index (Phi) is 73.2. The van der Waals surface area contributed by atoms with Gasteiger partial charge in [-0.15, -0.1) is 0 Å². The molecule has 0 unspecified atom stereocenters. The fourth-order valence-corrected chi connectivity index (χ4v) is 0. The van der Waals surface area contributed by atoms with E-state index in [1.165, 1.54) is 0 Å². The van der Waals surface area contributed by atoms with E-state index in [2.05, 4.69) is 0 Å². The number of hydrogen-bond acceptors (Lipinski definition) is 7. The summed E-state index contributed by atoms with van der Waals surface area (Å²) < 4.78 is 51.6. The summed E-state index contributed by atoms with van der Waals surface area (Å²) in [5, 5.41) is 8.06. The molecule has 7 nitrogen and oxygen atoms in total. The molecule has 0 spiro atoms. The van der Waals surface area contributed by atoms with Gasteiger partial charge in [0.1, 0.15) is 0 Å². The molecule has 0 aromatic carbocycles. The third-order valence-corrected chi connectivity index (χ3v) is 0. The van der Waals surface area contributed by atoms with Crippen molar-refractivity contribution in [2.24, 2.45) is 0 Å². The molecule has 0 radical (unpaired) electrons. The summed E-state index contributed by atoms with van der Waals surface area (Å²) in [4.78, 5) is 0. The minimum atomic E-state index is -4.20. The zero-order valence-electron chi connectivity index (χ0n) is 8.49. The molecule has 0 atom stereocenters. The molecule has 0 rings (SSSR count). The van der Waals surface area contributed by atoms with Crippen LogP contribution in [-0.2, 0) is 58.4 Å². The van der Waals surface area contributed by atoms with Crippen LogP contribution < -0.4 is 20.3 Å². The molecule has 78 valence electrons. The van der Waals surface area contributed by atoms with Crippen LogP contribution >= 0.6 is 0 Å². The van der Waals surface area contributed by atoms with Crippen LogP contribution in [0, 0.1) is 0 Å². The molecule has 0 aliphatic heterocycles. The first-order valence-electron chi connectivity index (χ1n) is 2.51. The quantitative estimate of drug-likeness (QED) is 0.273. The standard InChI is InChI=1S/C3H8O.6O.2Sb.3Zn/c1-3(2)4;;;;;;;;;;;/h3-4H,1-2H3;;;;;;;;;;;/q;6*-1;;;3*+2. The molecule has 0 aliphatic rings. The molecule has 1 N–H and O–H groups in total. The van der Waals surface area contributed by atoms with E-state index in [1.807, 2.05) is 0 Å². The summed E-state index contributed by atoms with van der Waals surface area (Å²) in [6.45, 7) is 3.44. The van der Waals surface area contributed by atoms with Gasteiger partial charge in [-0.25, -0.2) is 0 Å². The Balaban J connectivity index is -0.0000000184. The molecule has 12 heteroatoms. The van der Waals surface area contributed by atoms with Gasteiger partial charge >= 0.3 is 122 Å². The molecule has 0 aliphatic carbocycles. The summed E-state index contributed by atoms with van der Waals surface area (Å²) in [5.41, 5.74) is 0. The second-order valence-electron chi connectivity index (χ2n) is 1.54. The van der Waals surface area contributed by atoms with E-state index in [0.29, 0.717) is 0 Å². The van der Waals surface area contributed by atoms with Crippen molar-refractivity contribution >= 4 is 42.9 Å². The van der Waals surface area contributed by atoms with E-state index in [1.54, 1.807) is 13.8 Å². The maximum Gasteiger partial charge on any atom is 2.00 e. The van der Waals surface area contributed by atoms with Gasteiger partial charge in [-0.1, -0.05) is 0 Å². The van der Waals surface area contributed by atoms with E-state index in [0.717, 1.165) is 0 Å². The van der Waals surface area contributed by atoms with Crippen molar-refractivity contribution in [3.05, 3.63) is 0 Å². The van der Waals surface area contributed by atoms with Crippen molar-refractivity contribution in [2.45, 2.75) is 20.0 Å². The van der Waals surface area contributed by atoms with Crippen LogP contribution in [0.25, 0.3) is 0 Å². The van der Waals surface area contributed by atoms with E-state index >= 15 is 0 Å². The average molecular weight is 596 g/mol. The number of aliphatic hydroxyl groups excluding tert-OH is 1.